The summed E-state index contributed by atoms with van der Waals surface area (Å²) in [6.45, 7) is 0. The van der Waals surface area contributed by atoms with Crippen LogP contribution in [0.1, 0.15) is 10.4 Å². The van der Waals surface area contributed by atoms with Gasteiger partial charge in [0.1, 0.15) is 5.15 Å². The van der Waals surface area contributed by atoms with Crippen molar-refractivity contribution in [3.05, 3.63) is 50.2 Å². The maximum atomic E-state index is 10.7. The Kier molecular flexibility index (Phi) is 4.13. The molecule has 2 aromatic rings. The molecule has 6 heteroatoms. The first-order valence-corrected chi connectivity index (χ1v) is 6.30. The largest absolute Gasteiger partial charge is 0.298 e. The van der Waals surface area contributed by atoms with E-state index in [1.54, 1.807) is 18.2 Å². The van der Waals surface area contributed by atoms with E-state index in [1.165, 1.54) is 6.20 Å². The molecule has 0 spiro atoms. The predicted octanol–water partition coefficient (Wildman–Crippen LogP) is 5.17. The lowest BCUT2D eigenvalue weighted by Gasteiger charge is -2.09. The van der Waals surface area contributed by atoms with Crippen LogP contribution in [0.4, 0.5) is 0 Å². The van der Waals surface area contributed by atoms with Crippen LogP contribution in [0.15, 0.2) is 24.4 Å². The van der Waals surface area contributed by atoms with Gasteiger partial charge in [-0.1, -0.05) is 52.5 Å². The van der Waals surface area contributed by atoms with Crippen molar-refractivity contribution in [3.63, 3.8) is 0 Å². The molecule has 0 saturated heterocycles. The summed E-state index contributed by atoms with van der Waals surface area (Å²) in [6.07, 6.45) is 2.06. The molecule has 0 radical (unpaired) electrons. The van der Waals surface area contributed by atoms with Crippen molar-refractivity contribution >= 4 is 52.7 Å². The van der Waals surface area contributed by atoms with E-state index in [-0.39, 0.29) is 15.2 Å². The van der Waals surface area contributed by atoms with Crippen molar-refractivity contribution in [2.45, 2.75) is 0 Å². The Balaban J connectivity index is 2.69. The van der Waals surface area contributed by atoms with Gasteiger partial charge in [-0.05, 0) is 12.1 Å². The molecule has 1 aromatic carbocycles. The molecule has 0 aliphatic heterocycles. The second-order valence-electron chi connectivity index (χ2n) is 3.45. The van der Waals surface area contributed by atoms with Crippen LogP contribution < -0.4 is 0 Å². The minimum atomic E-state index is 0.237. The Hall–Kier alpha value is -0.800. The van der Waals surface area contributed by atoms with Gasteiger partial charge < -0.3 is 0 Å². The number of rotatable bonds is 2. The Morgan fingerprint density at radius 3 is 2.39 bits per heavy atom. The van der Waals surface area contributed by atoms with Gasteiger partial charge in [0.25, 0.3) is 0 Å². The Bertz CT molecular complexity index is 628. The second-order valence-corrected chi connectivity index (χ2v) is 4.97. The minimum absolute atomic E-state index is 0.237. The van der Waals surface area contributed by atoms with E-state index in [2.05, 4.69) is 4.98 Å². The standard InChI is InChI=1S/C12H5Cl4NO/c13-9-2-1-7(10(14)11(9)15)8-3-6(5-18)4-17-12(8)16/h1-5H. The first-order valence-electron chi connectivity index (χ1n) is 4.79. The topological polar surface area (TPSA) is 30.0 Å². The fourth-order valence-electron chi connectivity index (χ4n) is 1.45. The molecular weight excluding hydrogens is 316 g/mol. The van der Waals surface area contributed by atoms with Gasteiger partial charge in [-0.2, -0.15) is 0 Å². The minimum Gasteiger partial charge on any atom is -0.298 e. The van der Waals surface area contributed by atoms with E-state index in [9.17, 15) is 4.79 Å². The first-order chi connectivity index (χ1) is 8.54. The molecule has 1 heterocycles. The molecule has 0 aliphatic carbocycles. The Morgan fingerprint density at radius 2 is 1.72 bits per heavy atom. The summed E-state index contributed by atoms with van der Waals surface area (Å²) in [4.78, 5) is 14.7. The molecule has 1 aromatic heterocycles. The third-order valence-electron chi connectivity index (χ3n) is 2.32. The number of hydrogen-bond acceptors (Lipinski definition) is 2. The molecule has 0 fully saturated rings. The van der Waals surface area contributed by atoms with Gasteiger partial charge in [0, 0.05) is 22.9 Å². The number of aromatic nitrogens is 1. The number of pyridine rings is 1. The quantitative estimate of drug-likeness (QED) is 0.434. The van der Waals surface area contributed by atoms with Crippen LogP contribution in [0, 0.1) is 0 Å². The van der Waals surface area contributed by atoms with Crippen molar-refractivity contribution < 1.29 is 4.79 Å². The molecule has 2 nitrogen and oxygen atoms in total. The molecule has 0 aliphatic rings. The van der Waals surface area contributed by atoms with E-state index in [0.717, 1.165) is 0 Å². The SMILES string of the molecule is O=Cc1cnc(Cl)c(-c2ccc(Cl)c(Cl)c2Cl)c1. The number of halogens is 4. The number of benzene rings is 1. The summed E-state index contributed by atoms with van der Waals surface area (Å²) >= 11 is 23.9. The second kappa shape index (κ2) is 5.45. The average Bonchev–Trinajstić information content (AvgIpc) is 2.37. The van der Waals surface area contributed by atoms with E-state index in [0.29, 0.717) is 28.0 Å². The van der Waals surface area contributed by atoms with E-state index >= 15 is 0 Å². The highest BCUT2D eigenvalue weighted by molar-refractivity contribution is 6.49. The zero-order chi connectivity index (χ0) is 13.3. The zero-order valence-corrected chi connectivity index (χ0v) is 11.8. The molecule has 18 heavy (non-hydrogen) atoms. The highest BCUT2D eigenvalue weighted by Gasteiger charge is 2.14. The number of aldehydes is 1. The van der Waals surface area contributed by atoms with Gasteiger partial charge in [0.2, 0.25) is 0 Å². The average molecular weight is 321 g/mol. The van der Waals surface area contributed by atoms with Crippen molar-refractivity contribution in [3.8, 4) is 11.1 Å². The van der Waals surface area contributed by atoms with Crippen LogP contribution >= 0.6 is 46.4 Å². The highest BCUT2D eigenvalue weighted by atomic mass is 35.5. The normalized spacial score (nSPS) is 10.4. The maximum Gasteiger partial charge on any atom is 0.151 e. The summed E-state index contributed by atoms with van der Waals surface area (Å²) in [5, 5.41) is 1.10. The lowest BCUT2D eigenvalue weighted by atomic mass is 10.1. The molecular formula is C12H5Cl4NO. The number of nitrogens with zero attached hydrogens (tertiary/aromatic N) is 1. The summed E-state index contributed by atoms with van der Waals surface area (Å²) < 4.78 is 0. The van der Waals surface area contributed by atoms with Crippen LogP contribution in [0.25, 0.3) is 11.1 Å². The van der Waals surface area contributed by atoms with Gasteiger partial charge in [-0.15, -0.1) is 0 Å². The molecule has 0 unspecified atom stereocenters. The molecule has 0 atom stereocenters. The number of hydrogen-bond donors (Lipinski definition) is 0. The first kappa shape index (κ1) is 13.6. The zero-order valence-electron chi connectivity index (χ0n) is 8.75. The van der Waals surface area contributed by atoms with Crippen molar-refractivity contribution in [2.75, 3.05) is 0 Å². The van der Waals surface area contributed by atoms with Gasteiger partial charge in [-0.25, -0.2) is 4.98 Å². The molecule has 2 rings (SSSR count). The van der Waals surface area contributed by atoms with Crippen LogP contribution in [0.5, 0.6) is 0 Å². The lowest BCUT2D eigenvalue weighted by Crippen LogP contribution is -1.89. The van der Waals surface area contributed by atoms with Crippen molar-refractivity contribution in [1.29, 1.82) is 0 Å². The van der Waals surface area contributed by atoms with Gasteiger partial charge in [0.15, 0.2) is 6.29 Å². The van der Waals surface area contributed by atoms with E-state index in [4.69, 9.17) is 46.4 Å². The van der Waals surface area contributed by atoms with Crippen LogP contribution in [0.2, 0.25) is 20.2 Å². The van der Waals surface area contributed by atoms with Gasteiger partial charge in [-0.3, -0.25) is 4.79 Å². The molecule has 0 saturated carbocycles. The molecule has 0 bridgehead atoms. The summed E-state index contributed by atoms with van der Waals surface area (Å²) in [7, 11) is 0. The van der Waals surface area contributed by atoms with E-state index < -0.39 is 0 Å². The maximum absolute atomic E-state index is 10.7. The van der Waals surface area contributed by atoms with Crippen molar-refractivity contribution in [2.24, 2.45) is 0 Å². The summed E-state index contributed by atoms with van der Waals surface area (Å²) in [6, 6.07) is 4.87. The van der Waals surface area contributed by atoms with Crippen LogP contribution in [0.3, 0.4) is 0 Å². The highest BCUT2D eigenvalue weighted by Crippen LogP contribution is 2.39. The monoisotopic (exact) mass is 319 g/mol. The molecule has 0 N–H and O–H groups in total. The number of carbonyl (C=O) groups excluding carboxylic acids is 1. The fraction of sp³-hybridized carbons (Fsp3) is 0. The predicted molar refractivity (Wildman–Crippen MR) is 75.1 cm³/mol. The smallest absolute Gasteiger partial charge is 0.151 e. The third kappa shape index (κ3) is 2.47. The third-order valence-corrected chi connectivity index (χ3v) is 3.92. The fourth-order valence-corrected chi connectivity index (χ4v) is 2.29. The van der Waals surface area contributed by atoms with E-state index in [1.807, 2.05) is 0 Å². The van der Waals surface area contributed by atoms with Crippen LogP contribution in [-0.2, 0) is 0 Å². The summed E-state index contributed by atoms with van der Waals surface area (Å²) in [5.74, 6) is 0. The lowest BCUT2D eigenvalue weighted by molar-refractivity contribution is 0.112. The molecule has 0 amide bonds. The number of carbonyl (C=O) groups is 1. The summed E-state index contributed by atoms with van der Waals surface area (Å²) in [5.41, 5.74) is 1.51. The van der Waals surface area contributed by atoms with Gasteiger partial charge in [0.05, 0.1) is 15.1 Å². The molecule has 92 valence electrons. The van der Waals surface area contributed by atoms with Crippen molar-refractivity contribution in [1.82, 2.24) is 4.98 Å². The van der Waals surface area contributed by atoms with Gasteiger partial charge >= 0.3 is 0 Å². The Morgan fingerprint density at radius 1 is 1.00 bits per heavy atom. The Labute approximate surface area is 123 Å². The van der Waals surface area contributed by atoms with Crippen LogP contribution in [-0.4, -0.2) is 11.3 Å².